The van der Waals surface area contributed by atoms with E-state index in [0.717, 1.165) is 38.5 Å². The average molecular weight is 306 g/mol. The lowest BCUT2D eigenvalue weighted by atomic mass is 9.47. The zero-order valence-corrected chi connectivity index (χ0v) is 13.1. The van der Waals surface area contributed by atoms with E-state index in [2.05, 4.69) is 10.6 Å². The van der Waals surface area contributed by atoms with Crippen molar-refractivity contribution in [3.8, 4) is 0 Å². The van der Waals surface area contributed by atoms with Crippen LogP contribution in [0, 0.1) is 17.3 Å². The number of rotatable bonds is 2. The predicted octanol–water partition coefficient (Wildman–Crippen LogP) is 1.10. The van der Waals surface area contributed by atoms with Gasteiger partial charge in [-0.15, -0.1) is 0 Å². The molecule has 5 rings (SSSR count). The number of hydrogen-bond acceptors (Lipinski definition) is 3. The van der Waals surface area contributed by atoms with Crippen molar-refractivity contribution in [3.63, 3.8) is 0 Å². The highest BCUT2D eigenvalue weighted by Crippen LogP contribution is 2.61. The summed E-state index contributed by atoms with van der Waals surface area (Å²) in [5.74, 6) is 1.15. The molecule has 22 heavy (non-hydrogen) atoms. The highest BCUT2D eigenvalue weighted by molar-refractivity contribution is 5.85. The third kappa shape index (κ3) is 2.43. The fraction of sp³-hybridized carbons (Fsp3) is 0.882. The number of aliphatic hydroxyl groups is 1. The average Bonchev–Trinajstić information content (AvgIpc) is 2.60. The molecular formula is C17H26N2O3. The normalized spacial score (nSPS) is 47.0. The van der Waals surface area contributed by atoms with Gasteiger partial charge in [-0.25, -0.2) is 0 Å². The van der Waals surface area contributed by atoms with Gasteiger partial charge in [-0.3, -0.25) is 9.59 Å². The Morgan fingerprint density at radius 3 is 2.64 bits per heavy atom. The minimum atomic E-state index is -0.609. The van der Waals surface area contributed by atoms with Crippen LogP contribution >= 0.6 is 0 Å². The topological polar surface area (TPSA) is 78.4 Å². The molecule has 1 aliphatic heterocycles. The Bertz CT molecular complexity index is 490. The monoisotopic (exact) mass is 306 g/mol. The molecule has 2 unspecified atom stereocenters. The van der Waals surface area contributed by atoms with Gasteiger partial charge in [0.1, 0.15) is 0 Å². The molecule has 0 spiro atoms. The molecular weight excluding hydrogens is 280 g/mol. The van der Waals surface area contributed by atoms with E-state index in [-0.39, 0.29) is 23.3 Å². The van der Waals surface area contributed by atoms with Gasteiger partial charge in [0.2, 0.25) is 11.8 Å². The van der Waals surface area contributed by atoms with Gasteiger partial charge in [0.15, 0.2) is 0 Å². The van der Waals surface area contributed by atoms with E-state index in [1.54, 1.807) is 0 Å². The zero-order chi connectivity index (χ0) is 15.4. The van der Waals surface area contributed by atoms with Crippen molar-refractivity contribution in [2.45, 2.75) is 69.4 Å². The molecule has 0 aromatic heterocycles. The van der Waals surface area contributed by atoms with Crippen LogP contribution in [0.25, 0.3) is 0 Å². The second-order valence-electron chi connectivity index (χ2n) is 8.33. The molecule has 4 saturated carbocycles. The summed E-state index contributed by atoms with van der Waals surface area (Å²) < 4.78 is 0. The van der Waals surface area contributed by atoms with Gasteiger partial charge in [0, 0.05) is 19.0 Å². The first-order chi connectivity index (χ1) is 10.5. The van der Waals surface area contributed by atoms with Gasteiger partial charge in [0.25, 0.3) is 0 Å². The molecule has 3 atom stereocenters. The van der Waals surface area contributed by atoms with Crippen molar-refractivity contribution >= 4 is 11.8 Å². The number of hydrogen-bond donors (Lipinski definition) is 3. The molecule has 5 fully saturated rings. The van der Waals surface area contributed by atoms with E-state index in [1.165, 1.54) is 6.42 Å². The Balaban J connectivity index is 1.49. The van der Waals surface area contributed by atoms with E-state index in [1.807, 2.05) is 0 Å². The minimum absolute atomic E-state index is 0.0342. The molecule has 4 bridgehead atoms. The minimum Gasteiger partial charge on any atom is -0.390 e. The van der Waals surface area contributed by atoms with E-state index in [0.29, 0.717) is 31.2 Å². The number of carbonyl (C=O) groups is 2. The van der Waals surface area contributed by atoms with Crippen molar-refractivity contribution in [2.75, 3.05) is 6.54 Å². The lowest BCUT2D eigenvalue weighted by Gasteiger charge is -2.59. The van der Waals surface area contributed by atoms with Gasteiger partial charge >= 0.3 is 0 Å². The van der Waals surface area contributed by atoms with Gasteiger partial charge in [0.05, 0.1) is 11.0 Å². The lowest BCUT2D eigenvalue weighted by Crippen LogP contribution is -2.61. The molecule has 4 aliphatic carbocycles. The van der Waals surface area contributed by atoms with Crippen LogP contribution in [-0.4, -0.2) is 35.1 Å². The van der Waals surface area contributed by atoms with Gasteiger partial charge in [-0.2, -0.15) is 0 Å². The lowest BCUT2D eigenvalue weighted by molar-refractivity contribution is -0.178. The first-order valence-electron chi connectivity index (χ1n) is 8.76. The number of amides is 2. The SMILES string of the molecule is O=C1C[C@@H](NC(=O)C23CC4CC(CC(O)(C4)C2)C3)CCCN1. The van der Waals surface area contributed by atoms with E-state index >= 15 is 0 Å². The van der Waals surface area contributed by atoms with Crippen molar-refractivity contribution in [1.82, 2.24) is 10.6 Å². The predicted molar refractivity (Wildman–Crippen MR) is 80.9 cm³/mol. The maximum atomic E-state index is 13.0. The van der Waals surface area contributed by atoms with Crippen molar-refractivity contribution in [3.05, 3.63) is 0 Å². The Hall–Kier alpha value is -1.10. The standard InChI is InChI=1S/C17H26N2O3/c20-14-5-13(2-1-3-18-14)19-15(21)16-6-11-4-12(7-16)9-17(22,8-11)10-16/h11-13,22H,1-10H2,(H,18,20)(H,19,21)/t11?,12?,13-,16?,17?/m0/s1. The maximum absolute atomic E-state index is 13.0. The third-order valence-electron chi connectivity index (χ3n) is 6.33. The van der Waals surface area contributed by atoms with Crippen LogP contribution in [0.1, 0.15) is 57.8 Å². The van der Waals surface area contributed by atoms with Crippen molar-refractivity contribution in [2.24, 2.45) is 17.3 Å². The molecule has 0 radical (unpaired) electrons. The number of nitrogens with one attached hydrogen (secondary N) is 2. The summed E-state index contributed by atoms with van der Waals surface area (Å²) >= 11 is 0. The second-order valence-corrected chi connectivity index (χ2v) is 8.33. The summed E-state index contributed by atoms with van der Waals surface area (Å²) in [4.78, 5) is 24.6. The van der Waals surface area contributed by atoms with Gasteiger partial charge < -0.3 is 15.7 Å². The summed E-state index contributed by atoms with van der Waals surface area (Å²) in [5, 5.41) is 16.8. The Morgan fingerprint density at radius 1 is 1.23 bits per heavy atom. The van der Waals surface area contributed by atoms with Crippen LogP contribution in [0.3, 0.4) is 0 Å². The van der Waals surface area contributed by atoms with Crippen LogP contribution in [0.5, 0.6) is 0 Å². The molecule has 122 valence electrons. The van der Waals surface area contributed by atoms with Gasteiger partial charge in [-0.05, 0) is 63.2 Å². The Morgan fingerprint density at radius 2 is 1.95 bits per heavy atom. The fourth-order valence-corrected chi connectivity index (χ4v) is 5.92. The zero-order valence-electron chi connectivity index (χ0n) is 13.1. The van der Waals surface area contributed by atoms with Crippen molar-refractivity contribution in [1.29, 1.82) is 0 Å². The molecule has 3 N–H and O–H groups in total. The van der Waals surface area contributed by atoms with Crippen LogP contribution in [0.2, 0.25) is 0 Å². The molecule has 5 nitrogen and oxygen atoms in total. The highest BCUT2D eigenvalue weighted by atomic mass is 16.3. The quantitative estimate of drug-likeness (QED) is 0.715. The summed E-state index contributed by atoms with van der Waals surface area (Å²) in [6.45, 7) is 0.709. The summed E-state index contributed by atoms with van der Waals surface area (Å²) in [6.07, 6.45) is 7.58. The first-order valence-corrected chi connectivity index (χ1v) is 8.76. The summed E-state index contributed by atoms with van der Waals surface area (Å²) in [7, 11) is 0. The maximum Gasteiger partial charge on any atom is 0.226 e. The smallest absolute Gasteiger partial charge is 0.226 e. The molecule has 5 aliphatic rings. The van der Waals surface area contributed by atoms with E-state index < -0.39 is 5.60 Å². The molecule has 0 aromatic carbocycles. The molecule has 0 aromatic rings. The van der Waals surface area contributed by atoms with Crippen LogP contribution in [0.4, 0.5) is 0 Å². The number of carbonyl (C=O) groups excluding carboxylic acids is 2. The van der Waals surface area contributed by atoms with Gasteiger partial charge in [-0.1, -0.05) is 0 Å². The van der Waals surface area contributed by atoms with Crippen LogP contribution < -0.4 is 10.6 Å². The van der Waals surface area contributed by atoms with E-state index in [4.69, 9.17) is 0 Å². The third-order valence-corrected chi connectivity index (χ3v) is 6.33. The molecule has 1 saturated heterocycles. The molecule has 5 heteroatoms. The van der Waals surface area contributed by atoms with Crippen LogP contribution in [-0.2, 0) is 9.59 Å². The van der Waals surface area contributed by atoms with Crippen LogP contribution in [0.15, 0.2) is 0 Å². The summed E-state index contributed by atoms with van der Waals surface area (Å²) in [5.41, 5.74) is -0.982. The first kappa shape index (κ1) is 14.5. The van der Waals surface area contributed by atoms with E-state index in [9.17, 15) is 14.7 Å². The highest BCUT2D eigenvalue weighted by Gasteiger charge is 2.60. The Labute approximate surface area is 131 Å². The second kappa shape index (κ2) is 4.95. The largest absolute Gasteiger partial charge is 0.390 e. The summed E-state index contributed by atoms with van der Waals surface area (Å²) in [6, 6.07) is -0.0438. The fourth-order valence-electron chi connectivity index (χ4n) is 5.92. The van der Waals surface area contributed by atoms with Crippen molar-refractivity contribution < 1.29 is 14.7 Å². The molecule has 1 heterocycles. The Kier molecular flexibility index (Phi) is 3.26. The molecule has 2 amide bonds.